The number of amides is 1. The maximum Gasteiger partial charge on any atom is 0.242 e. The maximum atomic E-state index is 11.5. The molecule has 0 saturated heterocycles. The maximum absolute atomic E-state index is 11.5. The van der Waals surface area contributed by atoms with Crippen LogP contribution in [0.2, 0.25) is 0 Å². The highest BCUT2D eigenvalue weighted by Gasteiger charge is 2.12. The molecule has 4 N–H and O–H groups in total. The third-order valence-corrected chi connectivity index (χ3v) is 2.82. The molecule has 0 heterocycles. The summed E-state index contributed by atoms with van der Waals surface area (Å²) in [7, 11) is 3.06. The minimum absolute atomic E-state index is 0.169. The number of hydrogen-bond acceptors (Lipinski definition) is 3. The Morgan fingerprint density at radius 1 is 1.47 bits per heavy atom. The summed E-state index contributed by atoms with van der Waals surface area (Å²) < 4.78 is 0. The van der Waals surface area contributed by atoms with E-state index in [1.54, 1.807) is 0 Å². The molecule has 1 aromatic rings. The van der Waals surface area contributed by atoms with Gasteiger partial charge in [0.2, 0.25) is 5.91 Å². The zero-order valence-electron chi connectivity index (χ0n) is 8.23. The molecule has 0 aliphatic heterocycles. The summed E-state index contributed by atoms with van der Waals surface area (Å²) in [6.45, 7) is 0.487. The van der Waals surface area contributed by atoms with Crippen LogP contribution in [0.5, 0.6) is 0 Å². The minimum Gasteiger partial charge on any atom is -0.325 e. The summed E-state index contributed by atoms with van der Waals surface area (Å²) in [5, 5.41) is 5.76. The number of anilines is 1. The highest BCUT2D eigenvalue weighted by molar-refractivity contribution is 8.01. The van der Waals surface area contributed by atoms with Crippen molar-refractivity contribution >= 4 is 28.9 Å². The van der Waals surface area contributed by atoms with Gasteiger partial charge in [-0.15, -0.1) is 0 Å². The van der Waals surface area contributed by atoms with Crippen LogP contribution in [0.3, 0.4) is 0 Å². The Morgan fingerprint density at radius 2 is 2.13 bits per heavy atom. The molecule has 82 valence electrons. The molecule has 0 aliphatic rings. The van der Waals surface area contributed by atoms with Gasteiger partial charge in [-0.3, -0.25) is 9.88 Å². The van der Waals surface area contributed by atoms with Crippen molar-refractivity contribution < 1.29 is 4.79 Å². The van der Waals surface area contributed by atoms with Crippen LogP contribution in [0, 0.1) is 0 Å². The van der Waals surface area contributed by atoms with Gasteiger partial charge in [0.1, 0.15) is 0 Å². The van der Waals surface area contributed by atoms with Crippen molar-refractivity contribution in [1.29, 1.82) is 0 Å². The van der Waals surface area contributed by atoms with Crippen LogP contribution in [-0.4, -0.2) is 18.5 Å². The molecule has 0 fully saturated rings. The second-order valence-electron chi connectivity index (χ2n) is 2.99. The highest BCUT2D eigenvalue weighted by atomic mass is 32.0. The van der Waals surface area contributed by atoms with Gasteiger partial charge in [0, 0.05) is 12.2 Å². The minimum atomic E-state index is -0.516. The fourth-order valence-corrected chi connectivity index (χ4v) is 1.71. The van der Waals surface area contributed by atoms with Gasteiger partial charge in [0.25, 0.3) is 0 Å². The van der Waals surface area contributed by atoms with E-state index in [9.17, 15) is 4.79 Å². The number of carbonyl (C=O) groups is 1. The van der Waals surface area contributed by atoms with Crippen LogP contribution in [0.25, 0.3) is 0 Å². The first-order chi connectivity index (χ1) is 7.24. The van der Waals surface area contributed by atoms with Gasteiger partial charge in [-0.25, -0.2) is 0 Å². The number of hydrogen-bond donors (Lipinski definition) is 3. The number of nitrogens with one attached hydrogen (secondary N) is 2. The lowest BCUT2D eigenvalue weighted by Gasteiger charge is -2.12. The SMILES string of the molecule is N[C@@H](CNPP)C(=O)Nc1ccccc1. The van der Waals surface area contributed by atoms with Crippen molar-refractivity contribution in [3.05, 3.63) is 30.3 Å². The van der Waals surface area contributed by atoms with Gasteiger partial charge in [-0.05, 0) is 20.6 Å². The second-order valence-corrected chi connectivity index (χ2v) is 4.50. The van der Waals surface area contributed by atoms with E-state index in [1.165, 1.54) is 0 Å². The molecule has 0 radical (unpaired) electrons. The molecule has 1 rings (SSSR count). The lowest BCUT2D eigenvalue weighted by atomic mass is 10.2. The molecule has 3 atom stereocenters. The first kappa shape index (κ1) is 12.5. The fourth-order valence-electron chi connectivity index (χ4n) is 1.02. The first-order valence-corrected chi connectivity index (χ1v) is 7.35. The molecule has 0 aromatic heterocycles. The Morgan fingerprint density at radius 3 is 2.73 bits per heavy atom. The molecule has 4 nitrogen and oxygen atoms in total. The van der Waals surface area contributed by atoms with Gasteiger partial charge in [0.05, 0.1) is 6.04 Å². The van der Waals surface area contributed by atoms with Crippen LogP contribution >= 0.6 is 17.3 Å². The van der Waals surface area contributed by atoms with E-state index in [2.05, 4.69) is 19.3 Å². The van der Waals surface area contributed by atoms with E-state index in [-0.39, 0.29) is 5.91 Å². The standard InChI is InChI=1S/C9H15N3OP2/c10-8(6-11-15-14)9(13)12-7-4-2-1-3-5-7/h1-5,8,11,15H,6,10,14H2,(H,12,13)/t8-/m0/s1. The topological polar surface area (TPSA) is 67.1 Å². The van der Waals surface area contributed by atoms with Crippen molar-refractivity contribution in [2.24, 2.45) is 5.73 Å². The summed E-state index contributed by atoms with van der Waals surface area (Å²) in [5.41, 5.74) is 6.44. The molecule has 2 unspecified atom stereocenters. The Labute approximate surface area is 93.3 Å². The fraction of sp³-hybridized carbons (Fsp3) is 0.222. The quantitative estimate of drug-likeness (QED) is 0.674. The van der Waals surface area contributed by atoms with Crippen molar-refractivity contribution in [2.75, 3.05) is 11.9 Å². The van der Waals surface area contributed by atoms with Crippen LogP contribution in [0.4, 0.5) is 5.69 Å². The molecule has 0 saturated carbocycles. The van der Waals surface area contributed by atoms with Crippen LogP contribution in [-0.2, 0) is 4.79 Å². The number of rotatable bonds is 5. The lowest BCUT2D eigenvalue weighted by molar-refractivity contribution is -0.117. The number of carbonyl (C=O) groups excluding carboxylic acids is 1. The van der Waals surface area contributed by atoms with Gasteiger partial charge >= 0.3 is 0 Å². The number of benzene rings is 1. The normalized spacial score (nSPS) is 12.9. The summed E-state index contributed by atoms with van der Waals surface area (Å²) in [6.07, 6.45) is 0. The molecule has 0 aliphatic carbocycles. The zero-order valence-corrected chi connectivity index (χ0v) is 10.4. The van der Waals surface area contributed by atoms with Crippen LogP contribution in [0.15, 0.2) is 30.3 Å². The second kappa shape index (κ2) is 6.86. The third kappa shape index (κ3) is 4.67. The van der Waals surface area contributed by atoms with Gasteiger partial charge in [0.15, 0.2) is 0 Å². The Bertz CT molecular complexity index is 307. The Hall–Kier alpha value is -0.530. The molecule has 0 bridgehead atoms. The van der Waals surface area contributed by atoms with Gasteiger partial charge in [-0.1, -0.05) is 27.1 Å². The van der Waals surface area contributed by atoms with E-state index < -0.39 is 6.04 Å². The predicted molar refractivity (Wildman–Crippen MR) is 69.1 cm³/mol. The van der Waals surface area contributed by atoms with Crippen molar-refractivity contribution in [3.63, 3.8) is 0 Å². The predicted octanol–water partition coefficient (Wildman–Crippen LogP) is 0.926. The molecule has 15 heavy (non-hydrogen) atoms. The summed E-state index contributed by atoms with van der Waals surface area (Å²) >= 11 is 0. The summed E-state index contributed by atoms with van der Waals surface area (Å²) in [4.78, 5) is 11.5. The average molecular weight is 243 g/mol. The van der Waals surface area contributed by atoms with Gasteiger partial charge in [-0.2, -0.15) is 0 Å². The smallest absolute Gasteiger partial charge is 0.242 e. The lowest BCUT2D eigenvalue weighted by Crippen LogP contribution is -2.41. The first-order valence-electron chi connectivity index (χ1n) is 4.54. The highest BCUT2D eigenvalue weighted by Crippen LogP contribution is 2.12. The molecule has 6 heteroatoms. The monoisotopic (exact) mass is 243 g/mol. The number of nitrogens with two attached hydrogens (primary N) is 1. The van der Waals surface area contributed by atoms with E-state index in [0.717, 1.165) is 5.69 Å². The van der Waals surface area contributed by atoms with Gasteiger partial charge < -0.3 is 11.1 Å². The number of para-hydroxylation sites is 1. The van der Waals surface area contributed by atoms with Crippen LogP contribution < -0.4 is 16.1 Å². The van der Waals surface area contributed by atoms with E-state index >= 15 is 0 Å². The molecular formula is C9H15N3OP2. The van der Waals surface area contributed by atoms with E-state index in [1.807, 2.05) is 30.3 Å². The van der Waals surface area contributed by atoms with Crippen LogP contribution in [0.1, 0.15) is 0 Å². The Balaban J connectivity index is 2.42. The van der Waals surface area contributed by atoms with Crippen molar-refractivity contribution in [2.45, 2.75) is 6.04 Å². The molecular weight excluding hydrogens is 228 g/mol. The average Bonchev–Trinajstić information content (AvgIpc) is 2.27. The largest absolute Gasteiger partial charge is 0.325 e. The van der Waals surface area contributed by atoms with Crippen molar-refractivity contribution in [1.82, 2.24) is 5.09 Å². The van der Waals surface area contributed by atoms with E-state index in [4.69, 9.17) is 5.73 Å². The molecule has 1 amide bonds. The molecule has 1 aromatic carbocycles. The zero-order chi connectivity index (χ0) is 11.1. The summed E-state index contributed by atoms with van der Waals surface area (Å²) in [6, 6.07) is 8.77. The Kier molecular flexibility index (Phi) is 5.74. The van der Waals surface area contributed by atoms with E-state index in [0.29, 0.717) is 15.0 Å². The molecule has 0 spiro atoms. The third-order valence-electron chi connectivity index (χ3n) is 1.80. The van der Waals surface area contributed by atoms with Crippen molar-refractivity contribution in [3.8, 4) is 0 Å². The summed E-state index contributed by atoms with van der Waals surface area (Å²) in [5.74, 6) is -0.169.